The summed E-state index contributed by atoms with van der Waals surface area (Å²) in [4.78, 5) is 11.8. The van der Waals surface area contributed by atoms with Crippen LogP contribution in [0, 0.1) is 0 Å². The quantitative estimate of drug-likeness (QED) is 0.416. The van der Waals surface area contributed by atoms with E-state index in [0.29, 0.717) is 6.61 Å². The second-order valence-electron chi connectivity index (χ2n) is 7.27. The molecule has 1 aromatic carbocycles. The second kappa shape index (κ2) is 8.29. The Labute approximate surface area is 146 Å². The minimum absolute atomic E-state index is 0.237. The first kappa shape index (κ1) is 18.5. The highest BCUT2D eigenvalue weighted by atomic mass is 28.3. The number of rotatable bonds is 5. The van der Waals surface area contributed by atoms with Crippen molar-refractivity contribution in [1.82, 2.24) is 0 Å². The van der Waals surface area contributed by atoms with Gasteiger partial charge in [-0.15, -0.1) is 0 Å². The van der Waals surface area contributed by atoms with Crippen LogP contribution in [-0.4, -0.2) is 20.7 Å². The second-order valence-corrected chi connectivity index (χ2v) is 12.4. The van der Waals surface area contributed by atoms with E-state index >= 15 is 0 Å². The van der Waals surface area contributed by atoms with Crippen LogP contribution in [0.15, 0.2) is 64.9 Å². The molecule has 0 heterocycles. The smallest absolute Gasteiger partial charge is 0.331 e. The first-order valence-electron chi connectivity index (χ1n) is 8.71. The van der Waals surface area contributed by atoms with Crippen LogP contribution in [0.3, 0.4) is 0 Å². The van der Waals surface area contributed by atoms with E-state index in [-0.39, 0.29) is 5.97 Å². The minimum Gasteiger partial charge on any atom is -0.463 e. The number of hydrogen-bond donors (Lipinski definition) is 0. The van der Waals surface area contributed by atoms with E-state index < -0.39 is 8.07 Å². The molecule has 3 heteroatoms. The number of allylic oxidation sites excluding steroid dienone is 5. The van der Waals surface area contributed by atoms with Crippen LogP contribution >= 0.6 is 0 Å². The standard InChI is InChI=1S/C21H28O2Si/c1-5-23-21(22)16-18-11-12-20(24(2,3)4)15-19(14-18)13-17-9-7-6-8-10-17/h6-10,14-16H,5,11-13H2,1-4H3/b18-16+. The molecule has 0 aromatic heterocycles. The van der Waals surface area contributed by atoms with Crippen molar-refractivity contribution < 1.29 is 9.53 Å². The van der Waals surface area contributed by atoms with Gasteiger partial charge in [0.15, 0.2) is 0 Å². The van der Waals surface area contributed by atoms with Crippen molar-refractivity contribution in [3.8, 4) is 0 Å². The molecule has 0 radical (unpaired) electrons. The maximum Gasteiger partial charge on any atom is 0.331 e. The van der Waals surface area contributed by atoms with Crippen LogP contribution in [0.4, 0.5) is 0 Å². The van der Waals surface area contributed by atoms with E-state index in [4.69, 9.17) is 4.74 Å². The molecule has 1 aliphatic carbocycles. The average Bonchev–Trinajstić information content (AvgIpc) is 2.70. The van der Waals surface area contributed by atoms with Gasteiger partial charge < -0.3 is 4.74 Å². The molecule has 0 unspecified atom stereocenters. The van der Waals surface area contributed by atoms with Crippen molar-refractivity contribution >= 4 is 14.0 Å². The molecular formula is C21H28O2Si. The zero-order valence-corrected chi connectivity index (χ0v) is 16.3. The summed E-state index contributed by atoms with van der Waals surface area (Å²) >= 11 is 0. The summed E-state index contributed by atoms with van der Waals surface area (Å²) in [6.45, 7) is 9.42. The Morgan fingerprint density at radius 1 is 1.12 bits per heavy atom. The lowest BCUT2D eigenvalue weighted by Gasteiger charge is -2.20. The lowest BCUT2D eigenvalue weighted by atomic mass is 10.0. The molecule has 0 N–H and O–H groups in total. The monoisotopic (exact) mass is 340 g/mol. The van der Waals surface area contributed by atoms with Crippen molar-refractivity contribution in [2.75, 3.05) is 6.61 Å². The van der Waals surface area contributed by atoms with Gasteiger partial charge in [-0.3, -0.25) is 0 Å². The Bertz CT molecular complexity index is 661. The van der Waals surface area contributed by atoms with Crippen molar-refractivity contribution in [2.45, 2.75) is 45.8 Å². The minimum atomic E-state index is -1.36. The lowest BCUT2D eigenvalue weighted by Crippen LogP contribution is -2.24. The highest BCUT2D eigenvalue weighted by molar-refractivity contribution is 6.83. The van der Waals surface area contributed by atoms with Crippen LogP contribution < -0.4 is 0 Å². The number of carbonyl (C=O) groups is 1. The van der Waals surface area contributed by atoms with Gasteiger partial charge in [0.25, 0.3) is 0 Å². The van der Waals surface area contributed by atoms with E-state index in [2.05, 4.69) is 56.1 Å². The fourth-order valence-electron chi connectivity index (χ4n) is 2.90. The van der Waals surface area contributed by atoms with Crippen molar-refractivity contribution in [2.24, 2.45) is 0 Å². The fraction of sp³-hybridized carbons (Fsp3) is 0.381. The molecular weight excluding hydrogens is 312 g/mol. The molecule has 1 aliphatic rings. The third kappa shape index (κ3) is 5.64. The zero-order chi connectivity index (χ0) is 17.6. The predicted octanol–water partition coefficient (Wildman–Crippen LogP) is 5.24. The fourth-order valence-corrected chi connectivity index (χ4v) is 4.39. The van der Waals surface area contributed by atoms with Gasteiger partial charge in [0, 0.05) is 6.08 Å². The van der Waals surface area contributed by atoms with Gasteiger partial charge in [-0.05, 0) is 42.9 Å². The summed E-state index contributed by atoms with van der Waals surface area (Å²) in [5, 5.41) is 1.57. The van der Waals surface area contributed by atoms with E-state index in [1.54, 1.807) is 11.3 Å². The Hall–Kier alpha value is -1.87. The van der Waals surface area contributed by atoms with E-state index in [9.17, 15) is 4.79 Å². The number of benzene rings is 1. The van der Waals surface area contributed by atoms with Gasteiger partial charge in [0.05, 0.1) is 14.7 Å². The largest absolute Gasteiger partial charge is 0.463 e. The van der Waals surface area contributed by atoms with Crippen molar-refractivity contribution in [1.29, 1.82) is 0 Å². The van der Waals surface area contributed by atoms with E-state index in [1.807, 2.05) is 13.0 Å². The van der Waals surface area contributed by atoms with Gasteiger partial charge in [0.2, 0.25) is 0 Å². The van der Waals surface area contributed by atoms with Crippen LogP contribution in [0.2, 0.25) is 19.6 Å². The Morgan fingerprint density at radius 2 is 1.83 bits per heavy atom. The highest BCUT2D eigenvalue weighted by Gasteiger charge is 2.21. The first-order chi connectivity index (χ1) is 11.4. The van der Waals surface area contributed by atoms with Gasteiger partial charge in [-0.2, -0.15) is 0 Å². The summed E-state index contributed by atoms with van der Waals surface area (Å²) in [6, 6.07) is 10.5. The molecule has 2 nitrogen and oxygen atoms in total. The number of ether oxygens (including phenoxy) is 1. The Balaban J connectivity index is 2.31. The first-order valence-corrected chi connectivity index (χ1v) is 12.2. The third-order valence-electron chi connectivity index (χ3n) is 4.22. The summed E-state index contributed by atoms with van der Waals surface area (Å²) in [5.74, 6) is -0.237. The van der Waals surface area contributed by atoms with Crippen molar-refractivity contribution in [3.05, 3.63) is 70.5 Å². The van der Waals surface area contributed by atoms with E-state index in [1.165, 1.54) is 11.1 Å². The molecule has 0 aliphatic heterocycles. The van der Waals surface area contributed by atoms with Gasteiger partial charge in [-0.1, -0.05) is 67.3 Å². The number of carbonyl (C=O) groups excluding carboxylic acids is 1. The third-order valence-corrected chi connectivity index (χ3v) is 6.54. The van der Waals surface area contributed by atoms with Crippen LogP contribution in [0.5, 0.6) is 0 Å². The zero-order valence-electron chi connectivity index (χ0n) is 15.3. The summed E-state index contributed by atoms with van der Waals surface area (Å²) < 4.78 is 5.08. The van der Waals surface area contributed by atoms with E-state index in [0.717, 1.165) is 24.8 Å². The summed E-state index contributed by atoms with van der Waals surface area (Å²) in [5.41, 5.74) is 3.66. The molecule has 2 rings (SSSR count). The topological polar surface area (TPSA) is 26.3 Å². The molecule has 0 bridgehead atoms. The number of hydrogen-bond acceptors (Lipinski definition) is 2. The van der Waals surface area contributed by atoms with Gasteiger partial charge in [0.1, 0.15) is 0 Å². The maximum atomic E-state index is 11.8. The molecule has 0 atom stereocenters. The predicted molar refractivity (Wildman–Crippen MR) is 104 cm³/mol. The summed E-state index contributed by atoms with van der Waals surface area (Å²) in [7, 11) is -1.36. The molecule has 0 saturated heterocycles. The van der Waals surface area contributed by atoms with Crippen LogP contribution in [-0.2, 0) is 16.0 Å². The molecule has 0 saturated carbocycles. The Morgan fingerprint density at radius 3 is 2.46 bits per heavy atom. The van der Waals surface area contributed by atoms with Crippen molar-refractivity contribution in [3.63, 3.8) is 0 Å². The van der Waals surface area contributed by atoms with Gasteiger partial charge in [-0.25, -0.2) is 4.79 Å². The SMILES string of the molecule is CCOC(=O)/C=C1/C=C(Cc2ccccc2)C=C([Si](C)(C)C)CC1. The molecule has 128 valence electrons. The van der Waals surface area contributed by atoms with Crippen LogP contribution in [0.1, 0.15) is 25.3 Å². The average molecular weight is 341 g/mol. The lowest BCUT2D eigenvalue weighted by molar-refractivity contribution is -0.137. The molecule has 0 spiro atoms. The normalized spacial score (nSPS) is 17.1. The van der Waals surface area contributed by atoms with Crippen LogP contribution in [0.25, 0.3) is 0 Å². The van der Waals surface area contributed by atoms with Gasteiger partial charge >= 0.3 is 5.97 Å². The number of esters is 1. The highest BCUT2D eigenvalue weighted by Crippen LogP contribution is 2.29. The molecule has 0 amide bonds. The molecule has 0 fully saturated rings. The molecule has 24 heavy (non-hydrogen) atoms. The summed E-state index contributed by atoms with van der Waals surface area (Å²) in [6.07, 6.45) is 9.07. The Kier molecular flexibility index (Phi) is 6.38. The molecule has 1 aromatic rings. The maximum absolute atomic E-state index is 11.8.